The number of hydrogen-bond donors (Lipinski definition) is 0. The molecule has 26 heavy (non-hydrogen) atoms. The Morgan fingerprint density at radius 1 is 1.27 bits per heavy atom. The molecule has 1 heterocycles. The number of carbonyl (C=O) groups is 1. The zero-order valence-electron chi connectivity index (χ0n) is 15.2. The van der Waals surface area contributed by atoms with Gasteiger partial charge in [-0.25, -0.2) is 4.39 Å². The van der Waals surface area contributed by atoms with Crippen molar-refractivity contribution in [1.82, 2.24) is 4.90 Å². The van der Waals surface area contributed by atoms with Gasteiger partial charge in [0.2, 0.25) is 0 Å². The van der Waals surface area contributed by atoms with E-state index in [0.717, 1.165) is 23.4 Å². The standard InChI is InChI=1S/C21H24FNO3/c1-3-25-20-9-6-17(15(2)24)12-18(20)13-23-10-11-26-21(14-23)16-4-7-19(22)8-5-16/h4-9,12,21H,3,10-11,13-14H2,1-2H3. The first-order valence-electron chi connectivity index (χ1n) is 8.93. The van der Waals surface area contributed by atoms with Crippen LogP contribution in [0.1, 0.15) is 41.4 Å². The number of Topliss-reactive ketones (excluding diaryl/α,β-unsaturated/α-hetero) is 1. The lowest BCUT2D eigenvalue weighted by molar-refractivity contribution is -0.0331. The first kappa shape index (κ1) is 18.5. The van der Waals surface area contributed by atoms with E-state index < -0.39 is 0 Å². The summed E-state index contributed by atoms with van der Waals surface area (Å²) in [5.41, 5.74) is 2.66. The molecule has 1 fully saturated rings. The maximum absolute atomic E-state index is 13.1. The third kappa shape index (κ3) is 4.48. The number of nitrogens with zero attached hydrogens (tertiary/aromatic N) is 1. The van der Waals surface area contributed by atoms with Gasteiger partial charge in [0.25, 0.3) is 0 Å². The van der Waals surface area contributed by atoms with E-state index in [0.29, 0.717) is 31.9 Å². The summed E-state index contributed by atoms with van der Waals surface area (Å²) >= 11 is 0. The molecular formula is C21H24FNO3. The summed E-state index contributed by atoms with van der Waals surface area (Å²) in [6, 6.07) is 12.0. The minimum Gasteiger partial charge on any atom is -0.494 e. The Kier molecular flexibility index (Phi) is 6.01. The molecule has 0 amide bonds. The number of halogens is 1. The van der Waals surface area contributed by atoms with Crippen LogP contribution in [-0.2, 0) is 11.3 Å². The summed E-state index contributed by atoms with van der Waals surface area (Å²) in [5, 5.41) is 0. The summed E-state index contributed by atoms with van der Waals surface area (Å²) in [5.74, 6) is 0.603. The van der Waals surface area contributed by atoms with Crippen LogP contribution in [0.4, 0.5) is 4.39 Å². The van der Waals surface area contributed by atoms with Crippen LogP contribution in [0.5, 0.6) is 5.75 Å². The number of hydrogen-bond acceptors (Lipinski definition) is 4. The van der Waals surface area contributed by atoms with Crippen molar-refractivity contribution in [2.75, 3.05) is 26.3 Å². The second-order valence-electron chi connectivity index (χ2n) is 6.46. The molecule has 0 aromatic heterocycles. The van der Waals surface area contributed by atoms with E-state index >= 15 is 0 Å². The smallest absolute Gasteiger partial charge is 0.159 e. The minimum absolute atomic E-state index is 0.0421. The fourth-order valence-corrected chi connectivity index (χ4v) is 3.18. The van der Waals surface area contributed by atoms with Gasteiger partial charge in [-0.1, -0.05) is 12.1 Å². The maximum atomic E-state index is 13.1. The third-order valence-electron chi connectivity index (χ3n) is 4.55. The Hall–Kier alpha value is -2.24. The van der Waals surface area contributed by atoms with E-state index in [1.807, 2.05) is 19.1 Å². The van der Waals surface area contributed by atoms with Crippen LogP contribution in [0.25, 0.3) is 0 Å². The van der Waals surface area contributed by atoms with E-state index in [1.54, 1.807) is 25.1 Å². The lowest BCUT2D eigenvalue weighted by Gasteiger charge is -2.33. The predicted octanol–water partition coefficient (Wildman–Crippen LogP) is 4.00. The van der Waals surface area contributed by atoms with Crippen molar-refractivity contribution in [3.05, 3.63) is 65.0 Å². The van der Waals surface area contributed by atoms with E-state index in [1.165, 1.54) is 12.1 Å². The molecule has 0 spiro atoms. The van der Waals surface area contributed by atoms with Crippen molar-refractivity contribution in [2.24, 2.45) is 0 Å². The fraction of sp³-hybridized carbons (Fsp3) is 0.381. The van der Waals surface area contributed by atoms with Crippen molar-refractivity contribution < 1.29 is 18.7 Å². The van der Waals surface area contributed by atoms with Gasteiger partial charge in [-0.15, -0.1) is 0 Å². The molecule has 1 aliphatic heterocycles. The molecule has 2 aromatic rings. The van der Waals surface area contributed by atoms with Crippen molar-refractivity contribution in [1.29, 1.82) is 0 Å². The number of benzene rings is 2. The van der Waals surface area contributed by atoms with E-state index in [2.05, 4.69) is 4.90 Å². The van der Waals surface area contributed by atoms with Crippen molar-refractivity contribution in [3.8, 4) is 5.75 Å². The van der Waals surface area contributed by atoms with Gasteiger partial charge in [0.15, 0.2) is 5.78 Å². The average molecular weight is 357 g/mol. The molecule has 1 atom stereocenters. The Morgan fingerprint density at radius 2 is 2.04 bits per heavy atom. The molecule has 1 aliphatic rings. The lowest BCUT2D eigenvalue weighted by Crippen LogP contribution is -2.37. The molecule has 138 valence electrons. The van der Waals surface area contributed by atoms with Crippen LogP contribution >= 0.6 is 0 Å². The van der Waals surface area contributed by atoms with Crippen LogP contribution in [0.15, 0.2) is 42.5 Å². The van der Waals surface area contributed by atoms with Gasteiger partial charge in [0.1, 0.15) is 11.6 Å². The van der Waals surface area contributed by atoms with Gasteiger partial charge in [0.05, 0.1) is 19.3 Å². The number of ether oxygens (including phenoxy) is 2. The van der Waals surface area contributed by atoms with Gasteiger partial charge in [-0.3, -0.25) is 9.69 Å². The molecule has 5 heteroatoms. The monoisotopic (exact) mass is 357 g/mol. The number of rotatable bonds is 6. The van der Waals surface area contributed by atoms with Crippen LogP contribution < -0.4 is 4.74 Å². The van der Waals surface area contributed by atoms with E-state index in [-0.39, 0.29) is 17.7 Å². The second-order valence-corrected chi connectivity index (χ2v) is 6.46. The molecule has 0 radical (unpaired) electrons. The Balaban J connectivity index is 1.76. The SMILES string of the molecule is CCOc1ccc(C(C)=O)cc1CN1CCOC(c2ccc(F)cc2)C1. The zero-order valence-corrected chi connectivity index (χ0v) is 15.2. The largest absolute Gasteiger partial charge is 0.494 e. The van der Waals surface area contributed by atoms with Crippen LogP contribution in [-0.4, -0.2) is 37.0 Å². The highest BCUT2D eigenvalue weighted by atomic mass is 19.1. The molecule has 4 nitrogen and oxygen atoms in total. The highest BCUT2D eigenvalue weighted by Gasteiger charge is 2.23. The van der Waals surface area contributed by atoms with Crippen LogP contribution in [0, 0.1) is 5.82 Å². The second kappa shape index (κ2) is 8.43. The molecule has 0 N–H and O–H groups in total. The van der Waals surface area contributed by atoms with E-state index in [4.69, 9.17) is 9.47 Å². The Morgan fingerprint density at radius 3 is 2.73 bits per heavy atom. The fourth-order valence-electron chi connectivity index (χ4n) is 3.18. The van der Waals surface area contributed by atoms with Gasteiger partial charge >= 0.3 is 0 Å². The topological polar surface area (TPSA) is 38.8 Å². The maximum Gasteiger partial charge on any atom is 0.159 e. The highest BCUT2D eigenvalue weighted by Crippen LogP contribution is 2.27. The summed E-state index contributed by atoms with van der Waals surface area (Å²) < 4.78 is 24.7. The molecule has 0 saturated carbocycles. The van der Waals surface area contributed by atoms with Gasteiger partial charge in [-0.05, 0) is 49.7 Å². The summed E-state index contributed by atoms with van der Waals surface area (Å²) in [4.78, 5) is 14.0. The van der Waals surface area contributed by atoms with E-state index in [9.17, 15) is 9.18 Å². The molecule has 2 aromatic carbocycles. The lowest BCUT2D eigenvalue weighted by atomic mass is 10.0. The molecule has 0 bridgehead atoms. The molecule has 3 rings (SSSR count). The Labute approximate surface area is 153 Å². The Bertz CT molecular complexity index is 760. The quantitative estimate of drug-likeness (QED) is 0.733. The van der Waals surface area contributed by atoms with Gasteiger partial charge < -0.3 is 9.47 Å². The van der Waals surface area contributed by atoms with Crippen molar-refractivity contribution in [2.45, 2.75) is 26.5 Å². The van der Waals surface area contributed by atoms with Crippen LogP contribution in [0.3, 0.4) is 0 Å². The summed E-state index contributed by atoms with van der Waals surface area (Å²) in [6.07, 6.45) is -0.0871. The summed E-state index contributed by atoms with van der Waals surface area (Å²) in [6.45, 7) is 6.89. The predicted molar refractivity (Wildman–Crippen MR) is 98.0 cm³/mol. The van der Waals surface area contributed by atoms with Crippen molar-refractivity contribution >= 4 is 5.78 Å². The average Bonchev–Trinajstić information content (AvgIpc) is 2.64. The summed E-state index contributed by atoms with van der Waals surface area (Å²) in [7, 11) is 0. The molecule has 1 saturated heterocycles. The third-order valence-corrected chi connectivity index (χ3v) is 4.55. The molecule has 0 aliphatic carbocycles. The first-order valence-corrected chi connectivity index (χ1v) is 8.93. The zero-order chi connectivity index (χ0) is 18.5. The number of carbonyl (C=O) groups excluding carboxylic acids is 1. The van der Waals surface area contributed by atoms with Gasteiger partial charge in [0, 0.05) is 30.8 Å². The molecule has 1 unspecified atom stereocenters. The normalized spacial score (nSPS) is 17.9. The number of morpholine rings is 1. The minimum atomic E-state index is -0.246. The first-order chi connectivity index (χ1) is 12.6. The highest BCUT2D eigenvalue weighted by molar-refractivity contribution is 5.94. The molecular weight excluding hydrogens is 333 g/mol. The number of ketones is 1. The van der Waals surface area contributed by atoms with Crippen LogP contribution in [0.2, 0.25) is 0 Å². The van der Waals surface area contributed by atoms with Gasteiger partial charge in [-0.2, -0.15) is 0 Å². The van der Waals surface area contributed by atoms with Crippen molar-refractivity contribution in [3.63, 3.8) is 0 Å².